The predicted octanol–water partition coefficient (Wildman–Crippen LogP) is 4.05. The molecule has 0 spiro atoms. The van der Waals surface area contributed by atoms with Crippen LogP contribution in [0.5, 0.6) is 0 Å². The van der Waals surface area contributed by atoms with Gasteiger partial charge in [0, 0.05) is 11.1 Å². The Bertz CT molecular complexity index is 707. The lowest BCUT2D eigenvalue weighted by atomic mass is 10.1. The highest BCUT2D eigenvalue weighted by atomic mass is 35.5. The zero-order valence-corrected chi connectivity index (χ0v) is 12.9. The van der Waals surface area contributed by atoms with Crippen molar-refractivity contribution in [3.63, 3.8) is 0 Å². The summed E-state index contributed by atoms with van der Waals surface area (Å²) >= 11 is 5.80. The molecule has 0 heterocycles. The Kier molecular flexibility index (Phi) is 5.63. The first-order valence-electron chi connectivity index (χ1n) is 6.80. The van der Waals surface area contributed by atoms with Crippen LogP contribution in [-0.2, 0) is 4.79 Å². The smallest absolute Gasteiger partial charge is 0.238 e. The third kappa shape index (κ3) is 4.46. The zero-order valence-electron chi connectivity index (χ0n) is 12.2. The number of carbonyl (C=O) groups is 1. The van der Waals surface area contributed by atoms with E-state index in [9.17, 15) is 18.0 Å². The number of anilines is 1. The normalized spacial score (nSPS) is 12.0. The highest BCUT2D eigenvalue weighted by molar-refractivity contribution is 6.30. The number of amides is 1. The minimum atomic E-state index is -1.62. The third-order valence-corrected chi connectivity index (χ3v) is 3.50. The fourth-order valence-corrected chi connectivity index (χ4v) is 2.06. The van der Waals surface area contributed by atoms with Crippen molar-refractivity contribution in [2.75, 3.05) is 11.9 Å². The Morgan fingerprint density at radius 3 is 2.39 bits per heavy atom. The van der Waals surface area contributed by atoms with Crippen molar-refractivity contribution in [1.29, 1.82) is 0 Å². The van der Waals surface area contributed by atoms with Crippen molar-refractivity contribution >= 4 is 23.2 Å². The second-order valence-corrected chi connectivity index (χ2v) is 5.36. The van der Waals surface area contributed by atoms with Crippen molar-refractivity contribution in [3.05, 3.63) is 64.4 Å². The molecule has 0 aromatic heterocycles. The maximum absolute atomic E-state index is 13.5. The van der Waals surface area contributed by atoms with E-state index in [0.29, 0.717) is 5.02 Å². The van der Waals surface area contributed by atoms with Crippen molar-refractivity contribution in [2.24, 2.45) is 0 Å². The van der Waals surface area contributed by atoms with Gasteiger partial charge < -0.3 is 10.6 Å². The molecule has 1 atom stereocenters. The number of hydrogen-bond acceptors (Lipinski definition) is 2. The summed E-state index contributed by atoms with van der Waals surface area (Å²) in [6.45, 7) is 1.72. The van der Waals surface area contributed by atoms with E-state index in [4.69, 9.17) is 11.6 Å². The summed E-state index contributed by atoms with van der Waals surface area (Å²) in [4.78, 5) is 11.8. The molecular formula is C16H14ClF3N2O. The zero-order chi connectivity index (χ0) is 17.0. The second-order valence-electron chi connectivity index (χ2n) is 4.93. The van der Waals surface area contributed by atoms with E-state index < -0.39 is 29.0 Å². The summed E-state index contributed by atoms with van der Waals surface area (Å²) in [5.41, 5.74) is 0.510. The standard InChI is InChI=1S/C16H14ClF3N2O/c1-9(10-2-4-11(17)5-3-10)21-8-14(23)22-13-7-6-12(18)15(19)16(13)20/h2-7,9,21H,8H2,1H3,(H,22,23)/t9-/m1/s1. The maximum Gasteiger partial charge on any atom is 0.238 e. The summed E-state index contributed by atoms with van der Waals surface area (Å²) in [7, 11) is 0. The molecule has 122 valence electrons. The van der Waals surface area contributed by atoms with Crippen LogP contribution in [0.1, 0.15) is 18.5 Å². The van der Waals surface area contributed by atoms with Crippen LogP contribution in [0.2, 0.25) is 5.02 Å². The first kappa shape index (κ1) is 17.3. The maximum atomic E-state index is 13.5. The van der Waals surface area contributed by atoms with Gasteiger partial charge in [-0.1, -0.05) is 23.7 Å². The van der Waals surface area contributed by atoms with Crippen molar-refractivity contribution < 1.29 is 18.0 Å². The first-order valence-corrected chi connectivity index (χ1v) is 7.18. The van der Waals surface area contributed by atoms with Crippen LogP contribution in [0.25, 0.3) is 0 Å². The van der Waals surface area contributed by atoms with Gasteiger partial charge in [-0.05, 0) is 36.8 Å². The molecule has 2 aromatic rings. The number of carbonyl (C=O) groups excluding carboxylic acids is 1. The molecule has 0 fully saturated rings. The highest BCUT2D eigenvalue weighted by Gasteiger charge is 2.15. The molecule has 1 amide bonds. The van der Waals surface area contributed by atoms with Gasteiger partial charge in [-0.15, -0.1) is 0 Å². The van der Waals surface area contributed by atoms with E-state index >= 15 is 0 Å². The SMILES string of the molecule is C[C@@H](NCC(=O)Nc1ccc(F)c(F)c1F)c1ccc(Cl)cc1. The van der Waals surface area contributed by atoms with Gasteiger partial charge in [0.25, 0.3) is 0 Å². The molecular weight excluding hydrogens is 329 g/mol. The molecule has 2 rings (SSSR count). The van der Waals surface area contributed by atoms with Gasteiger partial charge >= 0.3 is 0 Å². The Morgan fingerprint density at radius 1 is 1.09 bits per heavy atom. The number of nitrogens with one attached hydrogen (secondary N) is 2. The highest BCUT2D eigenvalue weighted by Crippen LogP contribution is 2.19. The number of benzene rings is 2. The third-order valence-electron chi connectivity index (χ3n) is 3.25. The molecule has 0 saturated heterocycles. The van der Waals surface area contributed by atoms with E-state index in [0.717, 1.165) is 17.7 Å². The van der Waals surface area contributed by atoms with Crippen LogP contribution in [0, 0.1) is 17.5 Å². The number of rotatable bonds is 5. The summed E-state index contributed by atoms with van der Waals surface area (Å²) in [5, 5.41) is 5.73. The molecule has 2 N–H and O–H groups in total. The average molecular weight is 343 g/mol. The van der Waals surface area contributed by atoms with E-state index in [1.807, 2.05) is 19.1 Å². The average Bonchev–Trinajstić information content (AvgIpc) is 2.54. The van der Waals surface area contributed by atoms with Crippen LogP contribution in [0.3, 0.4) is 0 Å². The quantitative estimate of drug-likeness (QED) is 0.805. The fraction of sp³-hybridized carbons (Fsp3) is 0.188. The van der Waals surface area contributed by atoms with E-state index in [1.165, 1.54) is 0 Å². The molecule has 0 bridgehead atoms. The van der Waals surface area contributed by atoms with Gasteiger partial charge in [-0.3, -0.25) is 4.79 Å². The lowest BCUT2D eigenvalue weighted by molar-refractivity contribution is -0.115. The molecule has 3 nitrogen and oxygen atoms in total. The summed E-state index contributed by atoms with van der Waals surface area (Å²) in [5.74, 6) is -4.93. The van der Waals surface area contributed by atoms with Gasteiger partial charge in [-0.2, -0.15) is 0 Å². The molecule has 0 unspecified atom stereocenters. The van der Waals surface area contributed by atoms with Crippen molar-refractivity contribution in [1.82, 2.24) is 5.32 Å². The molecule has 0 aliphatic carbocycles. The predicted molar refractivity (Wildman–Crippen MR) is 82.8 cm³/mol. The van der Waals surface area contributed by atoms with Gasteiger partial charge in [0.1, 0.15) is 0 Å². The monoisotopic (exact) mass is 342 g/mol. The van der Waals surface area contributed by atoms with E-state index in [-0.39, 0.29) is 12.6 Å². The number of halogens is 4. The Hall–Kier alpha value is -2.05. The molecule has 0 aliphatic heterocycles. The van der Waals surface area contributed by atoms with Crippen molar-refractivity contribution in [2.45, 2.75) is 13.0 Å². The van der Waals surface area contributed by atoms with Crippen LogP contribution in [-0.4, -0.2) is 12.5 Å². The lowest BCUT2D eigenvalue weighted by Crippen LogP contribution is -2.30. The summed E-state index contributed by atoms with van der Waals surface area (Å²) in [6.07, 6.45) is 0. The Morgan fingerprint density at radius 2 is 1.74 bits per heavy atom. The minimum Gasteiger partial charge on any atom is -0.322 e. The first-order chi connectivity index (χ1) is 10.9. The molecule has 0 saturated carbocycles. The van der Waals surface area contributed by atoms with Crippen LogP contribution in [0.15, 0.2) is 36.4 Å². The summed E-state index contributed by atoms with van der Waals surface area (Å²) in [6, 6.07) is 8.65. The topological polar surface area (TPSA) is 41.1 Å². The second kappa shape index (κ2) is 7.48. The number of hydrogen-bond donors (Lipinski definition) is 2. The molecule has 2 aromatic carbocycles. The van der Waals surface area contributed by atoms with Gasteiger partial charge in [-0.25, -0.2) is 13.2 Å². The van der Waals surface area contributed by atoms with Crippen molar-refractivity contribution in [3.8, 4) is 0 Å². The van der Waals surface area contributed by atoms with Gasteiger partial charge in [0.15, 0.2) is 17.5 Å². The van der Waals surface area contributed by atoms with E-state index in [2.05, 4.69) is 10.6 Å². The lowest BCUT2D eigenvalue weighted by Gasteiger charge is -2.14. The molecule has 0 radical (unpaired) electrons. The molecule has 0 aliphatic rings. The molecule has 23 heavy (non-hydrogen) atoms. The Balaban J connectivity index is 1.93. The van der Waals surface area contributed by atoms with Crippen LogP contribution in [0.4, 0.5) is 18.9 Å². The Labute approximate surface area is 136 Å². The van der Waals surface area contributed by atoms with Gasteiger partial charge in [0.2, 0.25) is 5.91 Å². The molecule has 7 heteroatoms. The summed E-state index contributed by atoms with van der Waals surface area (Å²) < 4.78 is 39.4. The van der Waals surface area contributed by atoms with Crippen LogP contribution >= 0.6 is 11.6 Å². The van der Waals surface area contributed by atoms with Crippen LogP contribution < -0.4 is 10.6 Å². The fourth-order valence-electron chi connectivity index (χ4n) is 1.93. The minimum absolute atomic E-state index is 0.123. The largest absolute Gasteiger partial charge is 0.322 e. The van der Waals surface area contributed by atoms with Gasteiger partial charge in [0.05, 0.1) is 12.2 Å². The van der Waals surface area contributed by atoms with E-state index in [1.54, 1.807) is 12.1 Å².